The molecule has 1 saturated carbocycles. The third-order valence-corrected chi connectivity index (χ3v) is 3.17. The third-order valence-electron chi connectivity index (χ3n) is 3.17. The number of nitrogens with zero attached hydrogens (tertiary/aromatic N) is 1. The quantitative estimate of drug-likeness (QED) is 0.600. The van der Waals surface area contributed by atoms with Crippen LogP contribution in [0.5, 0.6) is 5.75 Å². The second kappa shape index (κ2) is 4.26. The minimum absolute atomic E-state index is 0.0731. The lowest BCUT2D eigenvalue weighted by Crippen LogP contribution is -2.33. The Morgan fingerprint density at radius 2 is 2.12 bits per heavy atom. The summed E-state index contributed by atoms with van der Waals surface area (Å²) >= 11 is 0. The molecule has 0 spiro atoms. The first-order valence-electron chi connectivity index (χ1n) is 5.25. The molecule has 0 amide bonds. The molecule has 3 nitrogen and oxygen atoms in total. The minimum Gasteiger partial charge on any atom is -0.494 e. The molecule has 1 aromatic carbocycles. The van der Waals surface area contributed by atoms with Crippen molar-refractivity contribution in [2.24, 2.45) is 4.99 Å². The normalized spacial score (nSPS) is 16.9. The zero-order valence-corrected chi connectivity index (χ0v) is 9.30. The molecule has 0 N–H and O–H groups in total. The third kappa shape index (κ3) is 1.83. The number of isocyanates is 1. The highest BCUT2D eigenvalue weighted by Gasteiger charge is 2.42. The molecule has 0 saturated heterocycles. The molecule has 1 fully saturated rings. The summed E-state index contributed by atoms with van der Waals surface area (Å²) in [5.41, 5.74) is -0.884. The van der Waals surface area contributed by atoms with Gasteiger partial charge in [-0.05, 0) is 25.3 Å². The molecular formula is C12H11F2NO2. The Balaban J connectivity index is 2.58. The summed E-state index contributed by atoms with van der Waals surface area (Å²) < 4.78 is 32.1. The second-order valence-electron chi connectivity index (χ2n) is 4.06. The summed E-state index contributed by atoms with van der Waals surface area (Å²) in [5.74, 6) is -1.44. The van der Waals surface area contributed by atoms with E-state index >= 15 is 0 Å². The number of rotatable bonds is 3. The molecule has 1 aliphatic carbocycles. The van der Waals surface area contributed by atoms with Gasteiger partial charge < -0.3 is 4.74 Å². The monoisotopic (exact) mass is 239 g/mol. The Kier molecular flexibility index (Phi) is 2.94. The van der Waals surface area contributed by atoms with Gasteiger partial charge in [0.25, 0.3) is 0 Å². The largest absolute Gasteiger partial charge is 0.494 e. The Morgan fingerprint density at radius 3 is 2.59 bits per heavy atom. The molecule has 1 aliphatic rings. The van der Waals surface area contributed by atoms with Crippen molar-refractivity contribution in [3.63, 3.8) is 0 Å². The smallest absolute Gasteiger partial charge is 0.235 e. The van der Waals surface area contributed by atoms with Crippen molar-refractivity contribution in [1.29, 1.82) is 0 Å². The van der Waals surface area contributed by atoms with Crippen molar-refractivity contribution in [3.05, 3.63) is 29.3 Å². The molecule has 1 aromatic rings. The summed E-state index contributed by atoms with van der Waals surface area (Å²) in [5, 5.41) is 0. The highest BCUT2D eigenvalue weighted by atomic mass is 19.1. The zero-order valence-electron chi connectivity index (χ0n) is 9.30. The van der Waals surface area contributed by atoms with Crippen LogP contribution in [0, 0.1) is 11.6 Å². The molecule has 2 rings (SSSR count). The molecule has 0 unspecified atom stereocenters. The lowest BCUT2D eigenvalue weighted by atomic mass is 9.72. The topological polar surface area (TPSA) is 38.7 Å². The van der Waals surface area contributed by atoms with Crippen LogP contribution < -0.4 is 4.74 Å². The molecule has 5 heteroatoms. The molecule has 0 heterocycles. The number of methoxy groups -OCH3 is 1. The van der Waals surface area contributed by atoms with Crippen molar-refractivity contribution >= 4 is 6.08 Å². The van der Waals surface area contributed by atoms with Crippen LogP contribution in [0.25, 0.3) is 0 Å². The summed E-state index contributed by atoms with van der Waals surface area (Å²) in [7, 11) is 1.26. The van der Waals surface area contributed by atoms with Crippen LogP contribution in [0.2, 0.25) is 0 Å². The van der Waals surface area contributed by atoms with E-state index in [1.807, 2.05) is 0 Å². The predicted molar refractivity (Wildman–Crippen MR) is 56.6 cm³/mol. The van der Waals surface area contributed by atoms with Gasteiger partial charge >= 0.3 is 0 Å². The van der Waals surface area contributed by atoms with Gasteiger partial charge in [0, 0.05) is 11.6 Å². The highest BCUT2D eigenvalue weighted by molar-refractivity contribution is 5.43. The molecule has 0 aliphatic heterocycles. The van der Waals surface area contributed by atoms with Gasteiger partial charge in [-0.3, -0.25) is 0 Å². The Morgan fingerprint density at radius 1 is 1.41 bits per heavy atom. The lowest BCUT2D eigenvalue weighted by molar-refractivity contribution is 0.243. The Bertz CT molecular complexity index is 492. The van der Waals surface area contributed by atoms with Crippen LogP contribution >= 0.6 is 0 Å². The van der Waals surface area contributed by atoms with Gasteiger partial charge in [0.15, 0.2) is 11.6 Å². The van der Waals surface area contributed by atoms with Crippen LogP contribution in [0.15, 0.2) is 17.1 Å². The number of carbonyl (C=O) groups excluding carboxylic acids is 1. The fourth-order valence-corrected chi connectivity index (χ4v) is 2.09. The average Bonchev–Trinajstić information content (AvgIpc) is 2.26. The van der Waals surface area contributed by atoms with E-state index in [2.05, 4.69) is 4.99 Å². The lowest BCUT2D eigenvalue weighted by Gasteiger charge is -2.37. The van der Waals surface area contributed by atoms with E-state index < -0.39 is 17.2 Å². The first-order chi connectivity index (χ1) is 8.13. The summed E-state index contributed by atoms with van der Waals surface area (Å²) in [6.45, 7) is 0. The SMILES string of the molecule is COc1cc(F)cc(C2(N=C=O)CCC2)c1F. The fourth-order valence-electron chi connectivity index (χ4n) is 2.09. The molecule has 0 bridgehead atoms. The predicted octanol–water partition coefficient (Wildman–Crippen LogP) is 2.69. The first-order valence-corrected chi connectivity index (χ1v) is 5.25. The van der Waals surface area contributed by atoms with E-state index in [1.165, 1.54) is 13.2 Å². The van der Waals surface area contributed by atoms with E-state index in [0.717, 1.165) is 18.6 Å². The second-order valence-corrected chi connectivity index (χ2v) is 4.06. The summed E-state index contributed by atoms with van der Waals surface area (Å²) in [6, 6.07) is 2.04. The molecule has 0 radical (unpaired) electrons. The molecule has 0 atom stereocenters. The van der Waals surface area contributed by atoms with Crippen molar-refractivity contribution in [1.82, 2.24) is 0 Å². The minimum atomic E-state index is -0.957. The van der Waals surface area contributed by atoms with Crippen molar-refractivity contribution in [2.75, 3.05) is 7.11 Å². The van der Waals surface area contributed by atoms with E-state index in [4.69, 9.17) is 4.74 Å². The van der Waals surface area contributed by atoms with Crippen LogP contribution in [0.3, 0.4) is 0 Å². The molecule has 90 valence electrons. The fraction of sp³-hybridized carbons (Fsp3) is 0.417. The summed E-state index contributed by atoms with van der Waals surface area (Å²) in [4.78, 5) is 14.0. The van der Waals surface area contributed by atoms with Gasteiger partial charge in [-0.2, -0.15) is 4.99 Å². The Labute approximate surface area is 97.1 Å². The van der Waals surface area contributed by atoms with E-state index in [0.29, 0.717) is 12.8 Å². The maximum absolute atomic E-state index is 14.0. The first kappa shape index (κ1) is 11.7. The molecule has 17 heavy (non-hydrogen) atoms. The van der Waals surface area contributed by atoms with Crippen LogP contribution in [-0.4, -0.2) is 13.2 Å². The van der Waals surface area contributed by atoms with Gasteiger partial charge in [0.05, 0.1) is 7.11 Å². The number of hydrogen-bond acceptors (Lipinski definition) is 3. The number of halogens is 2. The molecule has 0 aromatic heterocycles. The zero-order chi connectivity index (χ0) is 12.5. The van der Waals surface area contributed by atoms with Gasteiger partial charge in [-0.15, -0.1) is 0 Å². The molecular weight excluding hydrogens is 228 g/mol. The summed E-state index contributed by atoms with van der Waals surface area (Å²) in [6.07, 6.45) is 3.30. The maximum Gasteiger partial charge on any atom is 0.235 e. The Hall–Kier alpha value is -1.74. The van der Waals surface area contributed by atoms with Crippen LogP contribution in [0.1, 0.15) is 24.8 Å². The van der Waals surface area contributed by atoms with Gasteiger partial charge in [0.2, 0.25) is 6.08 Å². The number of aliphatic imine (C=N–C) groups is 1. The van der Waals surface area contributed by atoms with Crippen LogP contribution in [0.4, 0.5) is 8.78 Å². The number of ether oxygens (including phenoxy) is 1. The van der Waals surface area contributed by atoms with Crippen molar-refractivity contribution < 1.29 is 18.3 Å². The number of hydrogen-bond donors (Lipinski definition) is 0. The van der Waals surface area contributed by atoms with E-state index in [-0.39, 0.29) is 11.3 Å². The number of benzene rings is 1. The van der Waals surface area contributed by atoms with E-state index in [1.54, 1.807) is 0 Å². The standard InChI is InChI=1S/C12H11F2NO2/c1-17-10-6-8(13)5-9(11(10)14)12(15-7-16)3-2-4-12/h5-6H,2-4H2,1H3. The van der Waals surface area contributed by atoms with Gasteiger partial charge in [0.1, 0.15) is 11.4 Å². The maximum atomic E-state index is 14.0. The van der Waals surface area contributed by atoms with Crippen molar-refractivity contribution in [2.45, 2.75) is 24.8 Å². The van der Waals surface area contributed by atoms with E-state index in [9.17, 15) is 13.6 Å². The van der Waals surface area contributed by atoms with Crippen molar-refractivity contribution in [3.8, 4) is 5.75 Å². The average molecular weight is 239 g/mol. The highest BCUT2D eigenvalue weighted by Crippen LogP contribution is 2.47. The van der Waals surface area contributed by atoms with Crippen LogP contribution in [-0.2, 0) is 10.3 Å². The van der Waals surface area contributed by atoms with Gasteiger partial charge in [-0.1, -0.05) is 0 Å². The van der Waals surface area contributed by atoms with Gasteiger partial charge in [-0.25, -0.2) is 13.6 Å².